The number of carbonyl (C=O) groups is 1. The van der Waals surface area contributed by atoms with Crippen LogP contribution in [0.5, 0.6) is 5.75 Å². The first-order valence-corrected chi connectivity index (χ1v) is 16.9. The van der Waals surface area contributed by atoms with E-state index in [1.807, 2.05) is 30.3 Å². The summed E-state index contributed by atoms with van der Waals surface area (Å²) in [6.45, 7) is 7.99. The van der Waals surface area contributed by atoms with Gasteiger partial charge in [0.15, 0.2) is 5.78 Å². The maximum Gasteiger partial charge on any atom is 0.152 e. The van der Waals surface area contributed by atoms with Crippen LogP contribution < -0.4 is 11.1 Å². The molecule has 0 atom stereocenters. The molecule has 0 amide bonds. The van der Waals surface area contributed by atoms with E-state index in [1.165, 1.54) is 16.5 Å². The highest BCUT2D eigenvalue weighted by atomic mass is 35.5. The van der Waals surface area contributed by atoms with Gasteiger partial charge in [0.2, 0.25) is 0 Å². The number of nitrogens with two attached hydrogens (primary N) is 1. The van der Waals surface area contributed by atoms with Crippen molar-refractivity contribution in [3.8, 4) is 16.9 Å². The Hall–Kier alpha value is -2.91. The van der Waals surface area contributed by atoms with Crippen LogP contribution in [0.3, 0.4) is 0 Å². The van der Waals surface area contributed by atoms with Crippen LogP contribution in [-0.4, -0.2) is 70.1 Å². The standard InChI is InChI=1S/C36H43Cl2N5O2/c37-32-4-3-5-33(38)31(32)24-42-20-18-41(19-21-42)23-26-7-12-34-29(22-26)30(27-8-10-28(44)11-9-27)25-43(34)17-2-1-6-35(45)36(39)13-15-40-16-14-36/h3-5,7-12,22,25,40,44H,1-2,6,13-21,23-24,39H2. The summed E-state index contributed by atoms with van der Waals surface area (Å²) in [5.41, 5.74) is 11.5. The molecule has 2 fully saturated rings. The molecule has 0 bridgehead atoms. The number of hydrogen-bond acceptors (Lipinski definition) is 6. The molecule has 2 saturated heterocycles. The van der Waals surface area contributed by atoms with Gasteiger partial charge < -0.3 is 20.7 Å². The van der Waals surface area contributed by atoms with E-state index in [0.29, 0.717) is 6.42 Å². The molecule has 3 aromatic carbocycles. The van der Waals surface area contributed by atoms with Crippen LogP contribution in [0.2, 0.25) is 10.0 Å². The molecule has 0 saturated carbocycles. The monoisotopic (exact) mass is 647 g/mol. The number of Topliss-reactive ketones (excluding diaryl/α,β-unsaturated/α-hetero) is 1. The highest BCUT2D eigenvalue weighted by Gasteiger charge is 2.34. The van der Waals surface area contributed by atoms with E-state index >= 15 is 0 Å². The van der Waals surface area contributed by atoms with Gasteiger partial charge in [-0.2, -0.15) is 0 Å². The minimum atomic E-state index is -0.663. The van der Waals surface area contributed by atoms with Crippen molar-refractivity contribution in [3.05, 3.63) is 88.0 Å². The highest BCUT2D eigenvalue weighted by Crippen LogP contribution is 2.33. The van der Waals surface area contributed by atoms with E-state index in [9.17, 15) is 9.90 Å². The summed E-state index contributed by atoms with van der Waals surface area (Å²) in [6, 6.07) is 19.9. The molecule has 7 nitrogen and oxygen atoms in total. The molecule has 0 aliphatic carbocycles. The van der Waals surface area contributed by atoms with Crippen LogP contribution in [0.15, 0.2) is 66.9 Å². The first-order valence-electron chi connectivity index (χ1n) is 16.1. The number of aromatic hydroxyl groups is 1. The minimum absolute atomic E-state index is 0.198. The van der Waals surface area contributed by atoms with Crippen LogP contribution >= 0.6 is 23.2 Å². The molecule has 4 aromatic rings. The number of nitrogens with zero attached hydrogens (tertiary/aromatic N) is 3. The zero-order chi connectivity index (χ0) is 31.4. The summed E-state index contributed by atoms with van der Waals surface area (Å²) in [5.74, 6) is 0.458. The molecule has 1 aromatic heterocycles. The topological polar surface area (TPSA) is 86.8 Å². The Bertz CT molecular complexity index is 1600. The van der Waals surface area contributed by atoms with Crippen molar-refractivity contribution >= 4 is 39.9 Å². The average Bonchev–Trinajstić information content (AvgIpc) is 3.40. The average molecular weight is 649 g/mol. The lowest BCUT2D eigenvalue weighted by Crippen LogP contribution is -2.54. The second-order valence-corrected chi connectivity index (χ2v) is 13.5. The molecule has 0 spiro atoms. The molecule has 9 heteroatoms. The largest absolute Gasteiger partial charge is 0.508 e. The molecule has 45 heavy (non-hydrogen) atoms. The maximum atomic E-state index is 12.9. The molecular formula is C36H43Cl2N5O2. The van der Waals surface area contributed by atoms with E-state index in [2.05, 4.69) is 44.1 Å². The van der Waals surface area contributed by atoms with Gasteiger partial charge in [-0.05, 0) is 86.3 Å². The van der Waals surface area contributed by atoms with Gasteiger partial charge in [-0.25, -0.2) is 0 Å². The predicted octanol–water partition coefficient (Wildman–Crippen LogP) is 6.46. The summed E-state index contributed by atoms with van der Waals surface area (Å²) in [4.78, 5) is 17.8. The number of carbonyl (C=O) groups excluding carboxylic acids is 1. The Kier molecular flexibility index (Phi) is 10.1. The van der Waals surface area contributed by atoms with Crippen molar-refractivity contribution in [1.82, 2.24) is 19.7 Å². The number of piperazine rings is 1. The van der Waals surface area contributed by atoms with Gasteiger partial charge in [0.05, 0.1) is 5.54 Å². The first kappa shape index (κ1) is 32.0. The van der Waals surface area contributed by atoms with Gasteiger partial charge in [-0.1, -0.05) is 47.5 Å². The van der Waals surface area contributed by atoms with Crippen LogP contribution in [0.25, 0.3) is 22.0 Å². The summed E-state index contributed by atoms with van der Waals surface area (Å²) in [7, 11) is 0. The lowest BCUT2D eigenvalue weighted by Gasteiger charge is -2.35. The van der Waals surface area contributed by atoms with E-state index in [0.717, 1.165) is 111 Å². The molecule has 3 heterocycles. The second-order valence-electron chi connectivity index (χ2n) is 12.7. The molecule has 6 rings (SSSR count). The van der Waals surface area contributed by atoms with Gasteiger partial charge in [-0.15, -0.1) is 0 Å². The third-order valence-electron chi connectivity index (χ3n) is 9.54. The Morgan fingerprint density at radius 3 is 2.24 bits per heavy atom. The van der Waals surface area contributed by atoms with Crippen LogP contribution in [-0.2, 0) is 24.4 Å². The van der Waals surface area contributed by atoms with Crippen molar-refractivity contribution in [2.24, 2.45) is 5.73 Å². The van der Waals surface area contributed by atoms with Gasteiger partial charge in [0.1, 0.15) is 5.75 Å². The number of piperidine rings is 1. The number of unbranched alkanes of at least 4 members (excludes halogenated alkanes) is 1. The summed E-state index contributed by atoms with van der Waals surface area (Å²) >= 11 is 12.9. The fraction of sp³-hybridized carbons (Fsp3) is 0.417. The fourth-order valence-electron chi connectivity index (χ4n) is 6.74. The van der Waals surface area contributed by atoms with E-state index < -0.39 is 5.54 Å². The van der Waals surface area contributed by atoms with Crippen LogP contribution in [0, 0.1) is 0 Å². The lowest BCUT2D eigenvalue weighted by atomic mass is 9.83. The number of phenols is 1. The number of nitrogens with one attached hydrogen (secondary N) is 1. The third-order valence-corrected chi connectivity index (χ3v) is 10.3. The molecule has 238 valence electrons. The molecule has 2 aliphatic heterocycles. The number of ketones is 1. The number of rotatable bonds is 11. The normalized spacial score (nSPS) is 17.6. The summed E-state index contributed by atoms with van der Waals surface area (Å²) in [5, 5.41) is 15.9. The smallest absolute Gasteiger partial charge is 0.152 e. The number of aromatic nitrogens is 1. The fourth-order valence-corrected chi connectivity index (χ4v) is 7.25. The number of aryl methyl sites for hydroxylation is 1. The van der Waals surface area contributed by atoms with Crippen molar-refractivity contribution < 1.29 is 9.90 Å². The van der Waals surface area contributed by atoms with Crippen LogP contribution in [0.1, 0.15) is 43.2 Å². The second kappa shape index (κ2) is 14.2. The zero-order valence-corrected chi connectivity index (χ0v) is 27.3. The van der Waals surface area contributed by atoms with Gasteiger partial charge >= 0.3 is 0 Å². The minimum Gasteiger partial charge on any atom is -0.508 e. The Balaban J connectivity index is 1.12. The number of phenolic OH excluding ortho intramolecular Hbond substituents is 1. The molecule has 2 aliphatic rings. The highest BCUT2D eigenvalue weighted by molar-refractivity contribution is 6.36. The lowest BCUT2D eigenvalue weighted by molar-refractivity contribution is -0.125. The van der Waals surface area contributed by atoms with Crippen molar-refractivity contribution in [1.29, 1.82) is 0 Å². The number of halogens is 2. The number of benzene rings is 3. The Labute approximate surface area is 275 Å². The van der Waals surface area contributed by atoms with Crippen molar-refractivity contribution in [3.63, 3.8) is 0 Å². The quantitative estimate of drug-likeness (QED) is 0.162. The van der Waals surface area contributed by atoms with E-state index in [4.69, 9.17) is 28.9 Å². The molecular weight excluding hydrogens is 605 g/mol. The first-order chi connectivity index (χ1) is 21.8. The maximum absolute atomic E-state index is 12.9. The SMILES string of the molecule is NC1(C(=O)CCCCn2cc(-c3ccc(O)cc3)c3cc(CN4CCN(Cc5c(Cl)cccc5Cl)CC4)ccc32)CCNCC1. The molecule has 0 radical (unpaired) electrons. The third kappa shape index (κ3) is 7.57. The Morgan fingerprint density at radius 2 is 1.56 bits per heavy atom. The van der Waals surface area contributed by atoms with E-state index in [1.54, 1.807) is 12.1 Å². The number of fused-ring (bicyclic) bond motifs is 1. The summed E-state index contributed by atoms with van der Waals surface area (Å²) in [6.07, 6.45) is 5.93. The van der Waals surface area contributed by atoms with Gasteiger partial charge in [-0.3, -0.25) is 14.6 Å². The predicted molar refractivity (Wildman–Crippen MR) is 184 cm³/mol. The van der Waals surface area contributed by atoms with Gasteiger partial charge in [0.25, 0.3) is 0 Å². The van der Waals surface area contributed by atoms with Crippen LogP contribution in [0.4, 0.5) is 0 Å². The van der Waals surface area contributed by atoms with Crippen molar-refractivity contribution in [2.75, 3.05) is 39.3 Å². The Morgan fingerprint density at radius 1 is 0.889 bits per heavy atom. The molecule has 4 N–H and O–H groups in total. The van der Waals surface area contributed by atoms with E-state index in [-0.39, 0.29) is 11.5 Å². The summed E-state index contributed by atoms with van der Waals surface area (Å²) < 4.78 is 2.31. The van der Waals surface area contributed by atoms with Gasteiger partial charge in [0, 0.05) is 90.5 Å². The number of hydrogen-bond donors (Lipinski definition) is 3. The zero-order valence-electron chi connectivity index (χ0n) is 25.8. The molecule has 0 unspecified atom stereocenters. The van der Waals surface area contributed by atoms with Crippen molar-refractivity contribution in [2.45, 2.75) is 57.3 Å².